The summed E-state index contributed by atoms with van der Waals surface area (Å²) in [6.45, 7) is 9.41. The quantitative estimate of drug-likeness (QED) is 0.774. The Morgan fingerprint density at radius 2 is 1.70 bits per heavy atom. The first-order chi connectivity index (χ1) is 14.6. The average Bonchev–Trinajstić information content (AvgIpc) is 3.08. The van der Waals surface area contributed by atoms with Gasteiger partial charge in [-0.3, -0.25) is 4.79 Å². The van der Waals surface area contributed by atoms with Crippen LogP contribution in [0.2, 0.25) is 0 Å². The molecule has 0 aromatic carbocycles. The van der Waals surface area contributed by atoms with Gasteiger partial charge >= 0.3 is 6.03 Å². The average molecular weight is 416 g/mol. The Balaban J connectivity index is 1.43. The van der Waals surface area contributed by atoms with Crippen LogP contribution in [0.3, 0.4) is 0 Å². The summed E-state index contributed by atoms with van der Waals surface area (Å²) in [5, 5.41) is 3.06. The molecule has 0 bridgehead atoms. The Bertz CT molecular complexity index is 673. The predicted molar refractivity (Wildman–Crippen MR) is 119 cm³/mol. The number of carbonyl (C=O) groups is 2. The second-order valence-electron chi connectivity index (χ2n) is 8.36. The number of carbonyl (C=O) groups excluding carboxylic acids is 2. The maximum absolute atomic E-state index is 12.6. The number of urea groups is 1. The van der Waals surface area contributed by atoms with Crippen molar-refractivity contribution in [3.05, 3.63) is 23.9 Å². The molecule has 3 heterocycles. The Hall–Kier alpha value is -2.31. The number of nitrogens with zero attached hydrogens (tertiary/aromatic N) is 4. The molecule has 3 amide bonds. The van der Waals surface area contributed by atoms with Crippen molar-refractivity contribution in [3.8, 4) is 0 Å². The van der Waals surface area contributed by atoms with Crippen LogP contribution in [0.4, 0.5) is 10.6 Å². The molecule has 166 valence electrons. The van der Waals surface area contributed by atoms with Crippen molar-refractivity contribution < 1.29 is 9.59 Å². The minimum absolute atomic E-state index is 0.0184. The number of piperidine rings is 1. The van der Waals surface area contributed by atoms with Gasteiger partial charge in [0.2, 0.25) is 5.91 Å². The summed E-state index contributed by atoms with van der Waals surface area (Å²) >= 11 is 0. The van der Waals surface area contributed by atoms with Crippen LogP contribution in [0.1, 0.15) is 57.9 Å². The molecule has 0 spiro atoms. The van der Waals surface area contributed by atoms with Gasteiger partial charge in [0.15, 0.2) is 0 Å². The maximum Gasteiger partial charge on any atom is 0.319 e. The standard InChI is InChI=1S/C23H37N5O2/c1-3-26(4-2)23(30)28-15-11-20(12-16-28)22(29)25-18-19-9-10-21(24-17-19)27-13-7-5-6-8-14-27/h9-10,17,20H,3-8,11-16,18H2,1-2H3,(H,25,29). The molecule has 0 radical (unpaired) electrons. The van der Waals surface area contributed by atoms with Crippen molar-refractivity contribution in [1.29, 1.82) is 0 Å². The SMILES string of the molecule is CCN(CC)C(=O)N1CCC(C(=O)NCc2ccc(N3CCCCCC3)nc2)CC1. The minimum Gasteiger partial charge on any atom is -0.357 e. The lowest BCUT2D eigenvalue weighted by atomic mass is 9.96. The van der Waals surface area contributed by atoms with Crippen LogP contribution in [0.5, 0.6) is 0 Å². The summed E-state index contributed by atoms with van der Waals surface area (Å²) in [5.41, 5.74) is 1.02. The molecule has 0 saturated carbocycles. The van der Waals surface area contributed by atoms with Gasteiger partial charge in [-0.2, -0.15) is 0 Å². The normalized spacial score (nSPS) is 18.1. The summed E-state index contributed by atoms with van der Waals surface area (Å²) in [4.78, 5) is 35.7. The van der Waals surface area contributed by atoms with E-state index < -0.39 is 0 Å². The Kier molecular flexibility index (Phi) is 8.34. The first kappa shape index (κ1) is 22.4. The van der Waals surface area contributed by atoms with Gasteiger partial charge in [0, 0.05) is 57.9 Å². The lowest BCUT2D eigenvalue weighted by Gasteiger charge is -2.34. The van der Waals surface area contributed by atoms with E-state index in [9.17, 15) is 9.59 Å². The van der Waals surface area contributed by atoms with Crippen LogP contribution in [0, 0.1) is 5.92 Å². The van der Waals surface area contributed by atoms with Gasteiger partial charge < -0.3 is 20.0 Å². The number of hydrogen-bond donors (Lipinski definition) is 1. The maximum atomic E-state index is 12.6. The molecule has 0 atom stereocenters. The highest BCUT2D eigenvalue weighted by atomic mass is 16.2. The van der Waals surface area contributed by atoms with E-state index in [4.69, 9.17) is 0 Å². The van der Waals surface area contributed by atoms with E-state index in [-0.39, 0.29) is 17.9 Å². The number of anilines is 1. The molecule has 2 saturated heterocycles. The van der Waals surface area contributed by atoms with E-state index in [0.717, 1.165) is 50.4 Å². The molecule has 7 nitrogen and oxygen atoms in total. The lowest BCUT2D eigenvalue weighted by molar-refractivity contribution is -0.126. The largest absolute Gasteiger partial charge is 0.357 e. The van der Waals surface area contributed by atoms with Gasteiger partial charge in [0.25, 0.3) is 0 Å². The predicted octanol–water partition coefficient (Wildman–Crippen LogP) is 3.25. The summed E-state index contributed by atoms with van der Waals surface area (Å²) in [7, 11) is 0. The van der Waals surface area contributed by atoms with E-state index in [0.29, 0.717) is 19.6 Å². The monoisotopic (exact) mass is 415 g/mol. The topological polar surface area (TPSA) is 68.8 Å². The van der Waals surface area contributed by atoms with E-state index in [2.05, 4.69) is 27.3 Å². The summed E-state index contributed by atoms with van der Waals surface area (Å²) < 4.78 is 0. The van der Waals surface area contributed by atoms with Gasteiger partial charge in [-0.1, -0.05) is 18.9 Å². The molecule has 2 aliphatic heterocycles. The van der Waals surface area contributed by atoms with Gasteiger partial charge in [0.1, 0.15) is 5.82 Å². The fraction of sp³-hybridized carbons (Fsp3) is 0.696. The highest BCUT2D eigenvalue weighted by Crippen LogP contribution is 2.20. The summed E-state index contributed by atoms with van der Waals surface area (Å²) in [6.07, 6.45) is 8.42. The number of pyridine rings is 1. The van der Waals surface area contributed by atoms with Crippen LogP contribution < -0.4 is 10.2 Å². The molecule has 0 aliphatic carbocycles. The number of aromatic nitrogens is 1. The van der Waals surface area contributed by atoms with Crippen LogP contribution in [-0.2, 0) is 11.3 Å². The van der Waals surface area contributed by atoms with Crippen LogP contribution >= 0.6 is 0 Å². The van der Waals surface area contributed by atoms with Crippen LogP contribution in [-0.4, -0.2) is 66.0 Å². The molecular weight excluding hydrogens is 378 g/mol. The van der Waals surface area contributed by atoms with Crippen molar-refractivity contribution in [1.82, 2.24) is 20.1 Å². The molecule has 7 heteroatoms. The van der Waals surface area contributed by atoms with Crippen molar-refractivity contribution >= 4 is 17.8 Å². The molecule has 3 rings (SSSR count). The number of hydrogen-bond acceptors (Lipinski definition) is 4. The molecule has 2 fully saturated rings. The number of nitrogens with one attached hydrogen (secondary N) is 1. The van der Waals surface area contributed by atoms with Crippen molar-refractivity contribution in [2.45, 2.75) is 58.9 Å². The molecule has 1 aromatic rings. The zero-order chi connectivity index (χ0) is 21.3. The number of rotatable bonds is 6. The summed E-state index contributed by atoms with van der Waals surface area (Å²) in [5.74, 6) is 1.11. The first-order valence-electron chi connectivity index (χ1n) is 11.6. The molecule has 1 aromatic heterocycles. The fourth-order valence-corrected chi connectivity index (χ4v) is 4.37. The van der Waals surface area contributed by atoms with Gasteiger partial charge in [-0.15, -0.1) is 0 Å². The highest BCUT2D eigenvalue weighted by molar-refractivity contribution is 5.79. The lowest BCUT2D eigenvalue weighted by Crippen LogP contribution is -2.48. The van der Waals surface area contributed by atoms with Crippen LogP contribution in [0.15, 0.2) is 18.3 Å². The Morgan fingerprint density at radius 3 is 2.27 bits per heavy atom. The Labute approximate surface area is 180 Å². The third kappa shape index (κ3) is 5.86. The molecule has 30 heavy (non-hydrogen) atoms. The number of amides is 3. The second kappa shape index (κ2) is 11.2. The van der Waals surface area contributed by atoms with E-state index in [1.54, 1.807) is 0 Å². The smallest absolute Gasteiger partial charge is 0.319 e. The molecule has 1 N–H and O–H groups in total. The third-order valence-corrected chi connectivity index (χ3v) is 6.38. The first-order valence-corrected chi connectivity index (χ1v) is 11.6. The van der Waals surface area contributed by atoms with Crippen LogP contribution in [0.25, 0.3) is 0 Å². The minimum atomic E-state index is -0.0184. The molecule has 0 unspecified atom stereocenters. The zero-order valence-electron chi connectivity index (χ0n) is 18.6. The Morgan fingerprint density at radius 1 is 1.03 bits per heavy atom. The second-order valence-corrected chi connectivity index (χ2v) is 8.36. The molecular formula is C23H37N5O2. The zero-order valence-corrected chi connectivity index (χ0v) is 18.6. The van der Waals surface area contributed by atoms with Crippen molar-refractivity contribution in [2.24, 2.45) is 5.92 Å². The highest BCUT2D eigenvalue weighted by Gasteiger charge is 2.28. The molecule has 2 aliphatic rings. The van der Waals surface area contributed by atoms with E-state index in [1.165, 1.54) is 25.7 Å². The fourth-order valence-electron chi connectivity index (χ4n) is 4.37. The summed E-state index contributed by atoms with van der Waals surface area (Å²) in [6, 6.07) is 4.23. The van der Waals surface area contributed by atoms with Gasteiger partial charge in [-0.25, -0.2) is 9.78 Å². The third-order valence-electron chi connectivity index (χ3n) is 6.38. The van der Waals surface area contributed by atoms with Gasteiger partial charge in [0.05, 0.1) is 0 Å². The van der Waals surface area contributed by atoms with Crippen molar-refractivity contribution in [3.63, 3.8) is 0 Å². The van der Waals surface area contributed by atoms with Gasteiger partial charge in [-0.05, 0) is 51.2 Å². The van der Waals surface area contributed by atoms with E-state index >= 15 is 0 Å². The van der Waals surface area contributed by atoms with E-state index in [1.807, 2.05) is 29.8 Å². The number of likely N-dealkylation sites (tertiary alicyclic amines) is 1. The van der Waals surface area contributed by atoms with Crippen molar-refractivity contribution in [2.75, 3.05) is 44.2 Å².